The van der Waals surface area contributed by atoms with Crippen molar-refractivity contribution in [1.29, 1.82) is 0 Å². The number of carbonyl (C=O) groups is 1. The second kappa shape index (κ2) is 7.32. The number of nitrogens with two attached hydrogens (primary N) is 1. The molecule has 1 saturated carbocycles. The molecule has 9 nitrogen and oxygen atoms in total. The van der Waals surface area contributed by atoms with Gasteiger partial charge in [-0.25, -0.2) is 4.98 Å². The van der Waals surface area contributed by atoms with Crippen molar-refractivity contribution in [2.45, 2.75) is 44.3 Å². The zero-order chi connectivity index (χ0) is 20.6. The number of amides is 1. The summed E-state index contributed by atoms with van der Waals surface area (Å²) >= 11 is 0. The molecule has 3 heterocycles. The third-order valence-electron chi connectivity index (χ3n) is 5.76. The lowest BCUT2D eigenvalue weighted by atomic mass is 9.97. The second-order valence-corrected chi connectivity index (χ2v) is 7.50. The lowest BCUT2D eigenvalue weighted by Crippen LogP contribution is -2.37. The number of pyridine rings is 1. The second-order valence-electron chi connectivity index (χ2n) is 7.50. The van der Waals surface area contributed by atoms with E-state index in [0.29, 0.717) is 13.1 Å². The van der Waals surface area contributed by atoms with Gasteiger partial charge in [-0.2, -0.15) is 5.10 Å². The molecule has 1 aliphatic carbocycles. The van der Waals surface area contributed by atoms with Gasteiger partial charge >= 0.3 is 0 Å². The van der Waals surface area contributed by atoms with Gasteiger partial charge in [0.05, 0.1) is 18.3 Å². The lowest BCUT2D eigenvalue weighted by molar-refractivity contribution is 0.0952. The zero-order valence-electron chi connectivity index (χ0n) is 16.3. The van der Waals surface area contributed by atoms with E-state index in [1.165, 1.54) is 17.9 Å². The highest BCUT2D eigenvalue weighted by Crippen LogP contribution is 2.41. The molecule has 29 heavy (non-hydrogen) atoms. The van der Waals surface area contributed by atoms with Crippen LogP contribution in [0.4, 0.5) is 0 Å². The lowest BCUT2D eigenvalue weighted by Gasteiger charge is -2.32. The Balaban J connectivity index is 1.84. The van der Waals surface area contributed by atoms with Gasteiger partial charge in [-0.1, -0.05) is 12.8 Å². The first-order chi connectivity index (χ1) is 14.0. The topological polar surface area (TPSA) is 128 Å². The smallest absolute Gasteiger partial charge is 0.275 e. The van der Waals surface area contributed by atoms with E-state index < -0.39 is 17.1 Å². The number of aromatic hydroxyl groups is 1. The van der Waals surface area contributed by atoms with Crippen molar-refractivity contribution in [3.8, 4) is 5.75 Å². The highest BCUT2D eigenvalue weighted by Gasteiger charge is 2.38. The SMILES string of the molecule is CNC(=O)c1nn(CC2(n3cc(CN)c4cccnc43)CCCC2)cc(O)c1=O. The van der Waals surface area contributed by atoms with Crippen LogP contribution in [-0.2, 0) is 18.6 Å². The van der Waals surface area contributed by atoms with Gasteiger partial charge in [0, 0.05) is 31.4 Å². The summed E-state index contributed by atoms with van der Waals surface area (Å²) in [6.07, 6.45) is 8.96. The maximum absolute atomic E-state index is 12.1. The molecular weight excluding hydrogens is 372 g/mol. The molecule has 4 rings (SSSR count). The van der Waals surface area contributed by atoms with Crippen LogP contribution in [0.2, 0.25) is 0 Å². The van der Waals surface area contributed by atoms with Gasteiger partial charge in [0.25, 0.3) is 11.3 Å². The van der Waals surface area contributed by atoms with Gasteiger partial charge in [0.2, 0.25) is 0 Å². The molecule has 0 saturated heterocycles. The predicted octanol–water partition coefficient (Wildman–Crippen LogP) is 1.09. The van der Waals surface area contributed by atoms with Crippen LogP contribution in [0.25, 0.3) is 11.0 Å². The Bertz CT molecular complexity index is 1130. The van der Waals surface area contributed by atoms with Crippen LogP contribution in [0.5, 0.6) is 5.75 Å². The van der Waals surface area contributed by atoms with Gasteiger partial charge in [0.15, 0.2) is 11.4 Å². The Hall–Kier alpha value is -3.20. The number of aromatic nitrogens is 4. The number of carbonyl (C=O) groups excluding carboxylic acids is 1. The van der Waals surface area contributed by atoms with Crippen molar-refractivity contribution in [2.24, 2.45) is 5.73 Å². The van der Waals surface area contributed by atoms with Crippen molar-refractivity contribution < 1.29 is 9.90 Å². The normalized spacial score (nSPS) is 15.7. The summed E-state index contributed by atoms with van der Waals surface area (Å²) < 4.78 is 3.65. The number of nitrogens with one attached hydrogen (secondary N) is 1. The Kier molecular flexibility index (Phi) is 4.83. The van der Waals surface area contributed by atoms with E-state index in [4.69, 9.17) is 5.73 Å². The van der Waals surface area contributed by atoms with Crippen LogP contribution in [0.15, 0.2) is 35.5 Å². The Labute approximate surface area is 167 Å². The number of rotatable bonds is 5. The summed E-state index contributed by atoms with van der Waals surface area (Å²) in [5.41, 5.74) is 6.39. The minimum atomic E-state index is -0.778. The molecule has 0 bridgehead atoms. The highest BCUT2D eigenvalue weighted by molar-refractivity contribution is 5.92. The van der Waals surface area contributed by atoms with E-state index in [9.17, 15) is 14.7 Å². The van der Waals surface area contributed by atoms with Gasteiger partial charge in [-0.15, -0.1) is 0 Å². The van der Waals surface area contributed by atoms with Crippen molar-refractivity contribution >= 4 is 16.9 Å². The summed E-state index contributed by atoms with van der Waals surface area (Å²) in [6, 6.07) is 3.90. The summed E-state index contributed by atoms with van der Waals surface area (Å²) in [5, 5.41) is 17.7. The van der Waals surface area contributed by atoms with E-state index in [1.54, 1.807) is 6.20 Å². The number of hydrogen-bond donors (Lipinski definition) is 3. The minimum absolute atomic E-state index is 0.321. The average Bonchev–Trinajstić information content (AvgIpc) is 3.35. The molecule has 0 radical (unpaired) electrons. The number of nitrogens with zero attached hydrogens (tertiary/aromatic N) is 4. The maximum atomic E-state index is 12.1. The maximum Gasteiger partial charge on any atom is 0.275 e. The Morgan fingerprint density at radius 2 is 2.10 bits per heavy atom. The van der Waals surface area contributed by atoms with Crippen LogP contribution in [0, 0.1) is 0 Å². The van der Waals surface area contributed by atoms with E-state index in [1.807, 2.05) is 18.3 Å². The first-order valence-electron chi connectivity index (χ1n) is 9.67. The number of fused-ring (bicyclic) bond motifs is 1. The van der Waals surface area contributed by atoms with Crippen LogP contribution >= 0.6 is 0 Å². The molecule has 0 unspecified atom stereocenters. The van der Waals surface area contributed by atoms with Crippen molar-refractivity contribution in [3.05, 3.63) is 52.2 Å². The van der Waals surface area contributed by atoms with Crippen LogP contribution in [0.1, 0.15) is 41.7 Å². The first-order valence-corrected chi connectivity index (χ1v) is 9.67. The van der Waals surface area contributed by atoms with Crippen molar-refractivity contribution in [3.63, 3.8) is 0 Å². The van der Waals surface area contributed by atoms with Crippen LogP contribution < -0.4 is 16.5 Å². The van der Waals surface area contributed by atoms with Crippen molar-refractivity contribution in [1.82, 2.24) is 24.6 Å². The molecule has 1 amide bonds. The Morgan fingerprint density at radius 3 is 2.79 bits per heavy atom. The number of hydrogen-bond acceptors (Lipinski definition) is 6. The molecule has 152 valence electrons. The Morgan fingerprint density at radius 1 is 1.34 bits per heavy atom. The van der Waals surface area contributed by atoms with E-state index in [0.717, 1.165) is 42.3 Å². The summed E-state index contributed by atoms with van der Waals surface area (Å²) in [4.78, 5) is 28.7. The molecular formula is C20H24N6O3. The first kappa shape index (κ1) is 19.1. The molecule has 0 atom stereocenters. The molecule has 0 aromatic carbocycles. The average molecular weight is 396 g/mol. The molecule has 3 aromatic heterocycles. The van der Waals surface area contributed by atoms with E-state index >= 15 is 0 Å². The summed E-state index contributed by atoms with van der Waals surface area (Å²) in [7, 11) is 1.42. The summed E-state index contributed by atoms with van der Waals surface area (Å²) in [5.74, 6) is -1.12. The van der Waals surface area contributed by atoms with E-state index in [2.05, 4.69) is 20.0 Å². The molecule has 4 N–H and O–H groups in total. The summed E-state index contributed by atoms with van der Waals surface area (Å²) in [6.45, 7) is 0.804. The third kappa shape index (κ3) is 3.17. The van der Waals surface area contributed by atoms with Crippen LogP contribution in [-0.4, -0.2) is 37.4 Å². The zero-order valence-corrected chi connectivity index (χ0v) is 16.3. The molecule has 0 aliphatic heterocycles. The molecule has 3 aromatic rings. The fourth-order valence-electron chi connectivity index (χ4n) is 4.33. The standard InChI is InChI=1S/C20H24N6O3/c1-22-19(29)16-17(28)15(27)11-25(24-16)12-20(6-2-3-7-20)26-10-13(9-21)14-5-4-8-23-18(14)26/h4-5,8,10-11,27H,2-3,6-7,9,12,21H2,1H3,(H,22,29). The van der Waals surface area contributed by atoms with Gasteiger partial charge < -0.3 is 20.7 Å². The quantitative estimate of drug-likeness (QED) is 0.592. The van der Waals surface area contributed by atoms with Gasteiger partial charge in [-0.05, 0) is 30.5 Å². The van der Waals surface area contributed by atoms with Gasteiger partial charge in [-0.3, -0.25) is 14.3 Å². The molecule has 9 heteroatoms. The fourth-order valence-corrected chi connectivity index (χ4v) is 4.33. The predicted molar refractivity (Wildman–Crippen MR) is 108 cm³/mol. The minimum Gasteiger partial charge on any atom is -0.503 e. The van der Waals surface area contributed by atoms with Crippen LogP contribution in [0.3, 0.4) is 0 Å². The molecule has 1 fully saturated rings. The largest absolute Gasteiger partial charge is 0.503 e. The molecule has 0 spiro atoms. The monoisotopic (exact) mass is 396 g/mol. The fraction of sp³-hybridized carbons (Fsp3) is 0.400. The van der Waals surface area contributed by atoms with E-state index in [-0.39, 0.29) is 11.2 Å². The van der Waals surface area contributed by atoms with Crippen molar-refractivity contribution in [2.75, 3.05) is 7.05 Å². The van der Waals surface area contributed by atoms with Gasteiger partial charge in [0.1, 0.15) is 5.65 Å². The third-order valence-corrected chi connectivity index (χ3v) is 5.76. The highest BCUT2D eigenvalue weighted by atomic mass is 16.3. The molecule has 1 aliphatic rings.